The van der Waals surface area contributed by atoms with E-state index < -0.39 is 0 Å². The molecular weight excluding hydrogens is 346 g/mol. The van der Waals surface area contributed by atoms with E-state index in [0.717, 1.165) is 53.6 Å². The molecule has 0 atom stereocenters. The smallest absolute Gasteiger partial charge is 0.293 e. The van der Waals surface area contributed by atoms with Gasteiger partial charge in [-0.2, -0.15) is 0 Å². The number of hydrogen-bond donors (Lipinski definition) is 2. The van der Waals surface area contributed by atoms with Crippen LogP contribution in [-0.2, 0) is 0 Å². The van der Waals surface area contributed by atoms with Crippen molar-refractivity contribution in [2.45, 2.75) is 39.5 Å². The standard InChI is InChI=1S/C20H23N3O2S/c1-11-4-5-12(2)17-16(11)13(3)18(25-17)19(24)23-20-22-10-15(26-20)14-6-8-21-9-7-14/h4-5,10,14,21H,6-9H2,1-3H3,(H,22,23,24). The van der Waals surface area contributed by atoms with Crippen LogP contribution in [0.2, 0.25) is 0 Å². The van der Waals surface area contributed by atoms with Gasteiger partial charge in [0.05, 0.1) is 0 Å². The molecule has 0 aliphatic carbocycles. The third-order valence-corrected chi connectivity index (χ3v) is 6.25. The van der Waals surface area contributed by atoms with Crippen LogP contribution in [0.4, 0.5) is 5.13 Å². The normalized spacial score (nSPS) is 15.5. The molecule has 0 radical (unpaired) electrons. The van der Waals surface area contributed by atoms with Gasteiger partial charge in [-0.3, -0.25) is 10.1 Å². The number of aryl methyl sites for hydroxylation is 3. The summed E-state index contributed by atoms with van der Waals surface area (Å²) in [7, 11) is 0. The highest BCUT2D eigenvalue weighted by molar-refractivity contribution is 7.15. The fourth-order valence-corrected chi connectivity index (χ4v) is 4.67. The molecule has 2 N–H and O–H groups in total. The molecule has 4 rings (SSSR count). The molecule has 0 bridgehead atoms. The van der Waals surface area contributed by atoms with Crippen LogP contribution in [-0.4, -0.2) is 24.0 Å². The SMILES string of the molecule is Cc1ccc(C)c2c(C)c(C(=O)Nc3ncc(C4CCNCC4)s3)oc12. The molecule has 1 aliphatic heterocycles. The minimum atomic E-state index is -0.233. The summed E-state index contributed by atoms with van der Waals surface area (Å²) >= 11 is 1.57. The molecule has 5 nitrogen and oxygen atoms in total. The summed E-state index contributed by atoms with van der Waals surface area (Å²) in [6.07, 6.45) is 4.14. The molecule has 1 aliphatic rings. The number of amides is 1. The van der Waals surface area contributed by atoms with E-state index in [-0.39, 0.29) is 5.91 Å². The van der Waals surface area contributed by atoms with Crippen LogP contribution < -0.4 is 10.6 Å². The first-order valence-electron chi connectivity index (χ1n) is 9.01. The Bertz CT molecular complexity index is 967. The summed E-state index contributed by atoms with van der Waals surface area (Å²) in [5, 5.41) is 7.96. The number of anilines is 1. The maximum absolute atomic E-state index is 12.8. The van der Waals surface area contributed by atoms with E-state index in [1.165, 1.54) is 4.88 Å². The predicted molar refractivity (Wildman–Crippen MR) is 105 cm³/mol. The lowest BCUT2D eigenvalue weighted by atomic mass is 9.97. The number of piperidine rings is 1. The molecule has 136 valence electrons. The van der Waals surface area contributed by atoms with Gasteiger partial charge in [-0.1, -0.05) is 12.1 Å². The van der Waals surface area contributed by atoms with E-state index in [1.807, 2.05) is 33.0 Å². The van der Waals surface area contributed by atoms with E-state index in [9.17, 15) is 4.79 Å². The van der Waals surface area contributed by atoms with E-state index in [0.29, 0.717) is 16.8 Å². The van der Waals surface area contributed by atoms with Crippen LogP contribution in [0.3, 0.4) is 0 Å². The van der Waals surface area contributed by atoms with Crippen molar-refractivity contribution >= 4 is 33.3 Å². The Morgan fingerprint density at radius 3 is 2.69 bits per heavy atom. The second kappa shape index (κ2) is 6.85. The first-order chi connectivity index (χ1) is 12.5. The fraction of sp³-hybridized carbons (Fsp3) is 0.400. The third kappa shape index (κ3) is 3.04. The summed E-state index contributed by atoms with van der Waals surface area (Å²) in [5.41, 5.74) is 3.83. The van der Waals surface area contributed by atoms with Crippen molar-refractivity contribution < 1.29 is 9.21 Å². The van der Waals surface area contributed by atoms with Gasteiger partial charge in [0.15, 0.2) is 10.9 Å². The highest BCUT2D eigenvalue weighted by Gasteiger charge is 2.22. The molecule has 1 amide bonds. The number of carbonyl (C=O) groups is 1. The molecule has 3 heterocycles. The minimum Gasteiger partial charge on any atom is -0.450 e. The third-order valence-electron chi connectivity index (χ3n) is 5.17. The van der Waals surface area contributed by atoms with Crippen molar-refractivity contribution in [1.82, 2.24) is 10.3 Å². The van der Waals surface area contributed by atoms with Crippen molar-refractivity contribution in [3.05, 3.63) is 45.7 Å². The number of aromatic nitrogens is 1. The average Bonchev–Trinajstić information content (AvgIpc) is 3.24. The highest BCUT2D eigenvalue weighted by atomic mass is 32.1. The Morgan fingerprint density at radius 2 is 1.96 bits per heavy atom. The van der Waals surface area contributed by atoms with Gasteiger partial charge in [-0.05, 0) is 63.7 Å². The zero-order chi connectivity index (χ0) is 18.3. The Labute approximate surface area is 156 Å². The summed E-state index contributed by atoms with van der Waals surface area (Å²) in [6.45, 7) is 8.06. The lowest BCUT2D eigenvalue weighted by molar-refractivity contribution is 0.0998. The number of furan rings is 1. The molecule has 2 aromatic heterocycles. The average molecular weight is 369 g/mol. The maximum atomic E-state index is 12.8. The van der Waals surface area contributed by atoms with Gasteiger partial charge in [0.1, 0.15) is 5.58 Å². The van der Waals surface area contributed by atoms with Gasteiger partial charge in [0.2, 0.25) is 0 Å². The van der Waals surface area contributed by atoms with Crippen molar-refractivity contribution in [2.75, 3.05) is 18.4 Å². The van der Waals surface area contributed by atoms with Gasteiger partial charge in [-0.15, -0.1) is 11.3 Å². The fourth-order valence-electron chi connectivity index (χ4n) is 3.69. The van der Waals surface area contributed by atoms with Gasteiger partial charge in [0.25, 0.3) is 5.91 Å². The van der Waals surface area contributed by atoms with E-state index in [1.54, 1.807) is 11.3 Å². The Kier molecular flexibility index (Phi) is 4.54. The Morgan fingerprint density at radius 1 is 1.23 bits per heavy atom. The topological polar surface area (TPSA) is 67.2 Å². The van der Waals surface area contributed by atoms with E-state index in [2.05, 4.69) is 21.7 Å². The van der Waals surface area contributed by atoms with E-state index in [4.69, 9.17) is 4.42 Å². The molecule has 1 fully saturated rings. The van der Waals surface area contributed by atoms with Crippen molar-refractivity contribution in [1.29, 1.82) is 0 Å². The zero-order valence-corrected chi connectivity index (χ0v) is 16.1. The number of nitrogens with one attached hydrogen (secondary N) is 2. The summed E-state index contributed by atoms with van der Waals surface area (Å²) in [4.78, 5) is 18.4. The summed E-state index contributed by atoms with van der Waals surface area (Å²) in [6, 6.07) is 4.09. The molecule has 3 aromatic rings. The molecule has 0 saturated carbocycles. The number of thiazole rings is 1. The molecular formula is C20H23N3O2S. The Hall–Kier alpha value is -2.18. The number of nitrogens with zero attached hydrogens (tertiary/aromatic N) is 1. The van der Waals surface area contributed by atoms with Crippen LogP contribution in [0.5, 0.6) is 0 Å². The van der Waals surface area contributed by atoms with Gasteiger partial charge in [0, 0.05) is 22.0 Å². The number of carbonyl (C=O) groups excluding carboxylic acids is 1. The monoisotopic (exact) mass is 369 g/mol. The lowest BCUT2D eigenvalue weighted by Gasteiger charge is -2.20. The van der Waals surface area contributed by atoms with E-state index >= 15 is 0 Å². The van der Waals surface area contributed by atoms with Crippen LogP contribution in [0.1, 0.15) is 50.9 Å². The first kappa shape index (κ1) is 17.2. The van der Waals surface area contributed by atoms with Crippen molar-refractivity contribution in [2.24, 2.45) is 0 Å². The zero-order valence-electron chi connectivity index (χ0n) is 15.3. The molecule has 0 spiro atoms. The predicted octanol–water partition coefficient (Wildman–Crippen LogP) is 4.53. The van der Waals surface area contributed by atoms with Crippen LogP contribution in [0, 0.1) is 20.8 Å². The number of fused-ring (bicyclic) bond motifs is 1. The second-order valence-electron chi connectivity index (χ2n) is 7.01. The van der Waals surface area contributed by atoms with Gasteiger partial charge in [-0.25, -0.2) is 4.98 Å². The molecule has 26 heavy (non-hydrogen) atoms. The van der Waals surface area contributed by atoms with Gasteiger partial charge < -0.3 is 9.73 Å². The number of rotatable bonds is 3. The first-order valence-corrected chi connectivity index (χ1v) is 9.83. The van der Waals surface area contributed by atoms with Crippen LogP contribution >= 0.6 is 11.3 Å². The Balaban J connectivity index is 1.58. The number of hydrogen-bond acceptors (Lipinski definition) is 5. The quantitative estimate of drug-likeness (QED) is 0.711. The molecule has 1 saturated heterocycles. The van der Waals surface area contributed by atoms with Crippen molar-refractivity contribution in [3.8, 4) is 0 Å². The summed E-state index contributed by atoms with van der Waals surface area (Å²) in [5.74, 6) is 0.678. The molecule has 0 unspecified atom stereocenters. The lowest BCUT2D eigenvalue weighted by Crippen LogP contribution is -2.26. The van der Waals surface area contributed by atoms with Crippen LogP contribution in [0.25, 0.3) is 11.0 Å². The second-order valence-corrected chi connectivity index (χ2v) is 8.07. The molecule has 1 aromatic carbocycles. The van der Waals surface area contributed by atoms with Crippen LogP contribution in [0.15, 0.2) is 22.7 Å². The molecule has 6 heteroatoms. The minimum absolute atomic E-state index is 0.233. The highest BCUT2D eigenvalue weighted by Crippen LogP contribution is 2.33. The van der Waals surface area contributed by atoms with Gasteiger partial charge >= 0.3 is 0 Å². The summed E-state index contributed by atoms with van der Waals surface area (Å²) < 4.78 is 5.92. The largest absolute Gasteiger partial charge is 0.450 e. The van der Waals surface area contributed by atoms with Crippen molar-refractivity contribution in [3.63, 3.8) is 0 Å². The number of benzene rings is 1. The maximum Gasteiger partial charge on any atom is 0.293 e.